The molecule has 0 saturated carbocycles. The predicted molar refractivity (Wildman–Crippen MR) is 145 cm³/mol. The van der Waals surface area contributed by atoms with Crippen LogP contribution in [0.1, 0.15) is 46.0 Å². The summed E-state index contributed by atoms with van der Waals surface area (Å²) in [6, 6.07) is 10.5. The van der Waals surface area contributed by atoms with Crippen molar-refractivity contribution in [1.82, 2.24) is 8.96 Å². The van der Waals surface area contributed by atoms with Gasteiger partial charge in [0.2, 0.25) is 10.0 Å². The molecule has 2 heterocycles. The zero-order chi connectivity index (χ0) is 28.2. The van der Waals surface area contributed by atoms with Crippen LogP contribution in [0, 0.1) is 13.8 Å². The lowest BCUT2D eigenvalue weighted by atomic mass is 10.1. The molecule has 11 heteroatoms. The van der Waals surface area contributed by atoms with Gasteiger partial charge in [-0.05, 0) is 64.1 Å². The summed E-state index contributed by atoms with van der Waals surface area (Å²) < 4.78 is 45.5. The molecule has 2 aromatic heterocycles. The highest BCUT2D eigenvalue weighted by Crippen LogP contribution is 2.31. The molecule has 0 unspecified atom stereocenters. The Balaban J connectivity index is 0.000000215. The summed E-state index contributed by atoms with van der Waals surface area (Å²) in [7, 11) is -0.432. The molecule has 10 nitrogen and oxygen atoms in total. The Kier molecular flexibility index (Phi) is 8.72. The second-order valence-electron chi connectivity index (χ2n) is 8.35. The van der Waals surface area contributed by atoms with Gasteiger partial charge in [0.25, 0.3) is 0 Å². The van der Waals surface area contributed by atoms with Gasteiger partial charge in [-0.25, -0.2) is 22.0 Å². The number of rotatable bonds is 7. The summed E-state index contributed by atoms with van der Waals surface area (Å²) in [5.41, 5.74) is 3.31. The second kappa shape index (κ2) is 11.6. The Bertz CT molecular complexity index is 1600. The van der Waals surface area contributed by atoms with E-state index in [1.165, 1.54) is 7.11 Å². The van der Waals surface area contributed by atoms with E-state index in [0.29, 0.717) is 34.5 Å². The van der Waals surface area contributed by atoms with Crippen LogP contribution in [0.3, 0.4) is 0 Å². The van der Waals surface area contributed by atoms with Gasteiger partial charge < -0.3 is 23.9 Å². The van der Waals surface area contributed by atoms with Gasteiger partial charge in [-0.3, -0.25) is 0 Å². The van der Waals surface area contributed by atoms with Gasteiger partial charge in [0.05, 0.1) is 50.3 Å². The van der Waals surface area contributed by atoms with Crippen molar-refractivity contribution in [3.05, 3.63) is 58.9 Å². The van der Waals surface area contributed by atoms with E-state index in [1.807, 2.05) is 25.1 Å². The summed E-state index contributed by atoms with van der Waals surface area (Å²) in [4.78, 5) is 27.2. The highest BCUT2D eigenvalue weighted by atomic mass is 32.2. The average Bonchev–Trinajstić information content (AvgIpc) is 3.35. The topological polar surface area (TPSA) is 126 Å². The lowest BCUT2D eigenvalue weighted by Crippen LogP contribution is -2.13. The molecule has 0 aliphatic rings. The van der Waals surface area contributed by atoms with Gasteiger partial charge in [0.15, 0.2) is 0 Å². The summed E-state index contributed by atoms with van der Waals surface area (Å²) in [5.74, 6) is 0.418. The zero-order valence-electron chi connectivity index (χ0n) is 22.5. The molecule has 0 aliphatic carbocycles. The number of hydrogen-bond acceptors (Lipinski definition) is 8. The Morgan fingerprint density at radius 1 is 0.842 bits per heavy atom. The quantitative estimate of drug-likeness (QED) is 0.335. The average molecular weight is 545 g/mol. The van der Waals surface area contributed by atoms with Crippen molar-refractivity contribution in [2.24, 2.45) is 0 Å². The molecular weight excluding hydrogens is 512 g/mol. The van der Waals surface area contributed by atoms with E-state index in [4.69, 9.17) is 18.9 Å². The first kappa shape index (κ1) is 28.6. The third kappa shape index (κ3) is 5.62. The number of carbonyl (C=O) groups excluding carboxylic acids is 2. The van der Waals surface area contributed by atoms with Crippen LogP contribution >= 0.6 is 0 Å². The predicted octanol–water partition coefficient (Wildman–Crippen LogP) is 4.60. The van der Waals surface area contributed by atoms with Crippen LogP contribution < -0.4 is 9.47 Å². The Labute approximate surface area is 221 Å². The molecule has 2 aromatic carbocycles. The maximum absolute atomic E-state index is 12.1. The van der Waals surface area contributed by atoms with Crippen molar-refractivity contribution in [2.75, 3.05) is 33.7 Å². The second-order valence-corrected chi connectivity index (χ2v) is 10.2. The number of H-pyrrole nitrogens is 1. The number of esters is 2. The van der Waals surface area contributed by atoms with Crippen molar-refractivity contribution in [3.63, 3.8) is 0 Å². The fourth-order valence-electron chi connectivity index (χ4n) is 4.28. The van der Waals surface area contributed by atoms with Gasteiger partial charge >= 0.3 is 11.9 Å². The molecule has 0 bridgehead atoms. The van der Waals surface area contributed by atoms with Crippen LogP contribution in [0.4, 0.5) is 0 Å². The van der Waals surface area contributed by atoms with Crippen molar-refractivity contribution in [3.8, 4) is 11.5 Å². The lowest BCUT2D eigenvalue weighted by molar-refractivity contribution is 0.0518. The molecule has 0 aliphatic heterocycles. The summed E-state index contributed by atoms with van der Waals surface area (Å²) >= 11 is 0. The first-order chi connectivity index (χ1) is 18.0. The molecule has 0 atom stereocenters. The first-order valence-corrected chi connectivity index (χ1v) is 13.7. The lowest BCUT2D eigenvalue weighted by Gasteiger charge is -2.05. The van der Waals surface area contributed by atoms with E-state index in [1.54, 1.807) is 46.1 Å². The Morgan fingerprint density at radius 3 is 1.89 bits per heavy atom. The van der Waals surface area contributed by atoms with Gasteiger partial charge in [-0.2, -0.15) is 0 Å². The van der Waals surface area contributed by atoms with Crippen LogP contribution in [0.25, 0.3) is 21.8 Å². The number of aryl methyl sites for hydroxylation is 1. The van der Waals surface area contributed by atoms with Crippen molar-refractivity contribution < 1.29 is 37.0 Å². The highest BCUT2D eigenvalue weighted by Gasteiger charge is 2.25. The minimum atomic E-state index is -3.54. The van der Waals surface area contributed by atoms with Crippen molar-refractivity contribution >= 4 is 43.8 Å². The molecule has 4 aromatic rings. The smallest absolute Gasteiger partial charge is 0.340 e. The molecule has 0 fully saturated rings. The molecular formula is C27H32N2O8S. The normalized spacial score (nSPS) is 11.1. The van der Waals surface area contributed by atoms with Crippen LogP contribution in [-0.4, -0.2) is 63.0 Å². The third-order valence-corrected chi connectivity index (χ3v) is 6.98. The third-order valence-electron chi connectivity index (χ3n) is 5.84. The monoisotopic (exact) mass is 544 g/mol. The van der Waals surface area contributed by atoms with Gasteiger partial charge in [0, 0.05) is 27.7 Å². The summed E-state index contributed by atoms with van der Waals surface area (Å²) in [5, 5.41) is 1.33. The number of nitrogens with zero attached hydrogens (tertiary/aromatic N) is 1. The van der Waals surface area contributed by atoms with E-state index >= 15 is 0 Å². The fraction of sp³-hybridized carbons (Fsp3) is 0.333. The van der Waals surface area contributed by atoms with E-state index in [2.05, 4.69) is 4.98 Å². The zero-order valence-corrected chi connectivity index (χ0v) is 23.3. The minimum absolute atomic E-state index is 0.216. The van der Waals surface area contributed by atoms with Crippen LogP contribution in [0.2, 0.25) is 0 Å². The molecule has 4 rings (SSSR count). The number of fused-ring (bicyclic) bond motifs is 2. The number of hydrogen-bond donors (Lipinski definition) is 1. The maximum atomic E-state index is 12.1. The highest BCUT2D eigenvalue weighted by molar-refractivity contribution is 7.89. The van der Waals surface area contributed by atoms with Crippen molar-refractivity contribution in [2.45, 2.75) is 27.7 Å². The van der Waals surface area contributed by atoms with Crippen LogP contribution in [-0.2, 0) is 19.5 Å². The Hall–Kier alpha value is -3.99. The van der Waals surface area contributed by atoms with E-state index < -0.39 is 16.0 Å². The number of carbonyl (C=O) groups is 2. The molecule has 38 heavy (non-hydrogen) atoms. The minimum Gasteiger partial charge on any atom is -0.497 e. The maximum Gasteiger partial charge on any atom is 0.340 e. The summed E-state index contributed by atoms with van der Waals surface area (Å²) in [6.07, 6.45) is 1.10. The Morgan fingerprint density at radius 2 is 1.37 bits per heavy atom. The van der Waals surface area contributed by atoms with E-state index in [9.17, 15) is 18.0 Å². The number of benzene rings is 2. The SMILES string of the molecule is CCOC(=O)c1c(C)[nH]c2ccc(OC)cc12.CCOC(=O)c1c(C)n(S(C)(=O)=O)c2ccc(OC)cc12. The fourth-order valence-corrected chi connectivity index (χ4v) is 5.39. The van der Waals surface area contributed by atoms with Gasteiger partial charge in [-0.1, -0.05) is 0 Å². The standard InChI is InChI=1S/C14H17NO5S.C13H15NO3/c1-5-20-14(16)13-9(2)15(21(4,17)18)12-7-6-10(19-3)8-11(12)13;1-4-17-13(15)12-8(2)14-11-6-5-9(16-3)7-10(11)12/h6-8H,5H2,1-4H3;5-7,14H,4H2,1-3H3. The number of nitrogens with one attached hydrogen (secondary N) is 1. The van der Waals surface area contributed by atoms with Crippen LogP contribution in [0.5, 0.6) is 11.5 Å². The van der Waals surface area contributed by atoms with Gasteiger partial charge in [0.1, 0.15) is 11.5 Å². The molecule has 0 radical (unpaired) electrons. The molecule has 0 saturated heterocycles. The summed E-state index contributed by atoms with van der Waals surface area (Å²) in [6.45, 7) is 7.52. The molecule has 204 valence electrons. The van der Waals surface area contributed by atoms with Crippen LogP contribution in [0.15, 0.2) is 36.4 Å². The van der Waals surface area contributed by atoms with E-state index in [-0.39, 0.29) is 18.1 Å². The van der Waals surface area contributed by atoms with Crippen molar-refractivity contribution in [1.29, 1.82) is 0 Å². The van der Waals surface area contributed by atoms with Gasteiger partial charge in [-0.15, -0.1) is 0 Å². The molecule has 0 spiro atoms. The number of methoxy groups -OCH3 is 2. The molecule has 0 amide bonds. The number of ether oxygens (including phenoxy) is 4. The number of aromatic nitrogens is 2. The largest absolute Gasteiger partial charge is 0.497 e. The van der Waals surface area contributed by atoms with E-state index in [0.717, 1.165) is 32.6 Å². The first-order valence-electron chi connectivity index (χ1n) is 11.9. The molecule has 1 N–H and O–H groups in total. The number of aromatic amines is 1.